The van der Waals surface area contributed by atoms with Crippen LogP contribution in [0.2, 0.25) is 0 Å². The van der Waals surface area contributed by atoms with Gasteiger partial charge in [0.05, 0.1) is 11.1 Å². The van der Waals surface area contributed by atoms with Crippen molar-refractivity contribution < 1.29 is 4.42 Å². The molecule has 0 spiro atoms. The smallest absolute Gasteiger partial charge is 0.108 e. The van der Waals surface area contributed by atoms with Crippen LogP contribution in [-0.4, -0.2) is 0 Å². The van der Waals surface area contributed by atoms with Crippen LogP contribution < -0.4 is 0 Å². The van der Waals surface area contributed by atoms with Crippen molar-refractivity contribution in [2.45, 2.75) is 18.2 Å². The number of alkyl halides is 1. The monoisotopic (exact) mass is 340 g/mol. The lowest BCUT2D eigenvalue weighted by molar-refractivity contribution is 0.512. The van der Waals surface area contributed by atoms with E-state index in [1.807, 2.05) is 12.1 Å². The minimum absolute atomic E-state index is 0.177. The van der Waals surface area contributed by atoms with Gasteiger partial charge in [-0.2, -0.15) is 0 Å². The van der Waals surface area contributed by atoms with E-state index in [0.717, 1.165) is 12.2 Å². The molecule has 0 N–H and O–H groups in total. The zero-order valence-electron chi connectivity index (χ0n) is 11.9. The molecule has 0 amide bonds. The van der Waals surface area contributed by atoms with E-state index in [-0.39, 0.29) is 4.83 Å². The molecule has 0 aliphatic carbocycles. The van der Waals surface area contributed by atoms with E-state index in [0.29, 0.717) is 0 Å². The van der Waals surface area contributed by atoms with Crippen molar-refractivity contribution in [1.29, 1.82) is 0 Å². The van der Waals surface area contributed by atoms with Crippen molar-refractivity contribution in [2.24, 2.45) is 0 Å². The third-order valence-corrected chi connectivity index (χ3v) is 4.71. The number of hydrogen-bond acceptors (Lipinski definition) is 1. The van der Waals surface area contributed by atoms with Crippen LogP contribution in [0.15, 0.2) is 71.3 Å². The Morgan fingerprint density at radius 2 is 1.57 bits per heavy atom. The number of rotatable bonds is 4. The largest absolute Gasteiger partial charge is 0.469 e. The number of benzene rings is 2. The fourth-order valence-corrected chi connectivity index (χ4v) is 3.23. The summed E-state index contributed by atoms with van der Waals surface area (Å²) in [7, 11) is 0. The summed E-state index contributed by atoms with van der Waals surface area (Å²) in [6.07, 6.45) is 2.67. The van der Waals surface area contributed by atoms with E-state index < -0.39 is 0 Å². The molecule has 106 valence electrons. The highest BCUT2D eigenvalue weighted by molar-refractivity contribution is 9.09. The normalized spacial score (nSPS) is 12.3. The summed E-state index contributed by atoms with van der Waals surface area (Å²) < 4.78 is 5.52. The first kappa shape index (κ1) is 14.2. The molecule has 21 heavy (non-hydrogen) atoms. The van der Waals surface area contributed by atoms with Gasteiger partial charge in [-0.1, -0.05) is 77.5 Å². The summed E-state index contributed by atoms with van der Waals surface area (Å²) in [5, 5.41) is 0. The summed E-state index contributed by atoms with van der Waals surface area (Å²) in [6, 6.07) is 21.2. The highest BCUT2D eigenvalue weighted by atomic mass is 79.9. The minimum atomic E-state index is 0.177. The first-order chi connectivity index (χ1) is 10.3. The second-order valence-electron chi connectivity index (χ2n) is 5.00. The lowest BCUT2D eigenvalue weighted by Gasteiger charge is -2.11. The summed E-state index contributed by atoms with van der Waals surface area (Å²) in [5.41, 5.74) is 4.94. The maximum atomic E-state index is 5.52. The van der Waals surface area contributed by atoms with Crippen molar-refractivity contribution in [3.8, 4) is 11.1 Å². The molecule has 3 aromatic rings. The fourth-order valence-electron chi connectivity index (χ4n) is 2.52. The summed E-state index contributed by atoms with van der Waals surface area (Å²) in [6.45, 7) is 2.11. The second kappa shape index (κ2) is 6.31. The van der Waals surface area contributed by atoms with E-state index in [9.17, 15) is 0 Å². The predicted molar refractivity (Wildman–Crippen MR) is 90.7 cm³/mol. The van der Waals surface area contributed by atoms with Crippen LogP contribution in [-0.2, 0) is 6.42 Å². The number of hydrogen-bond donors (Lipinski definition) is 0. The van der Waals surface area contributed by atoms with Crippen LogP contribution in [0.4, 0.5) is 0 Å². The molecule has 0 aliphatic heterocycles. The van der Waals surface area contributed by atoms with Gasteiger partial charge >= 0.3 is 0 Å². The third-order valence-electron chi connectivity index (χ3n) is 3.68. The average Bonchev–Trinajstić information content (AvgIpc) is 3.04. The molecule has 1 atom stereocenters. The van der Waals surface area contributed by atoms with Crippen molar-refractivity contribution in [3.63, 3.8) is 0 Å². The molecule has 0 aliphatic rings. The summed E-state index contributed by atoms with van der Waals surface area (Å²) in [4.78, 5) is 0.177. The van der Waals surface area contributed by atoms with Crippen LogP contribution in [0, 0.1) is 0 Å². The molecule has 1 unspecified atom stereocenters. The van der Waals surface area contributed by atoms with Gasteiger partial charge in [-0.3, -0.25) is 0 Å². The van der Waals surface area contributed by atoms with Gasteiger partial charge in [0.1, 0.15) is 5.76 Å². The van der Waals surface area contributed by atoms with Crippen LogP contribution in [0.1, 0.15) is 28.6 Å². The molecule has 0 saturated carbocycles. The van der Waals surface area contributed by atoms with Gasteiger partial charge < -0.3 is 4.42 Å². The van der Waals surface area contributed by atoms with E-state index in [1.54, 1.807) is 6.26 Å². The molecule has 1 heterocycles. The standard InChI is InChI=1S/C19H17BrO/c1-2-18-17(12-13-21-18)19(20)16-10-8-15(9-11-16)14-6-4-3-5-7-14/h3-13,19H,2H2,1H3. The Morgan fingerprint density at radius 1 is 0.905 bits per heavy atom. The molecule has 0 radical (unpaired) electrons. The SMILES string of the molecule is CCc1occc1C(Br)c1ccc(-c2ccccc2)cc1. The zero-order chi connectivity index (χ0) is 14.7. The minimum Gasteiger partial charge on any atom is -0.469 e. The van der Waals surface area contributed by atoms with Crippen molar-refractivity contribution in [3.05, 3.63) is 83.8 Å². The fraction of sp³-hybridized carbons (Fsp3) is 0.158. The quantitative estimate of drug-likeness (QED) is 0.531. The molecule has 2 aromatic carbocycles. The van der Waals surface area contributed by atoms with Gasteiger partial charge in [0.15, 0.2) is 0 Å². The molecule has 0 bridgehead atoms. The van der Waals surface area contributed by atoms with Gasteiger partial charge in [-0.05, 0) is 22.8 Å². The molecular formula is C19H17BrO. The Hall–Kier alpha value is -1.80. The number of halogens is 1. The van der Waals surface area contributed by atoms with Crippen LogP contribution >= 0.6 is 15.9 Å². The summed E-state index contributed by atoms with van der Waals surface area (Å²) in [5.74, 6) is 1.05. The van der Waals surface area contributed by atoms with Gasteiger partial charge in [0, 0.05) is 12.0 Å². The van der Waals surface area contributed by atoms with E-state index in [4.69, 9.17) is 4.42 Å². The first-order valence-corrected chi connectivity index (χ1v) is 8.07. The van der Waals surface area contributed by atoms with Crippen LogP contribution in [0.5, 0.6) is 0 Å². The Bertz CT molecular complexity index is 698. The third kappa shape index (κ3) is 2.96. The predicted octanol–water partition coefficient (Wildman–Crippen LogP) is 5.99. The van der Waals surface area contributed by atoms with Gasteiger partial charge in [-0.25, -0.2) is 0 Å². The topological polar surface area (TPSA) is 13.1 Å². The molecular weight excluding hydrogens is 324 g/mol. The molecule has 1 nitrogen and oxygen atoms in total. The molecule has 0 saturated heterocycles. The van der Waals surface area contributed by atoms with E-state index in [2.05, 4.69) is 71.4 Å². The Labute approximate surface area is 133 Å². The molecule has 0 fully saturated rings. The lowest BCUT2D eigenvalue weighted by Crippen LogP contribution is -1.94. The van der Waals surface area contributed by atoms with Crippen LogP contribution in [0.25, 0.3) is 11.1 Å². The molecule has 3 rings (SSSR count). The number of aryl methyl sites for hydroxylation is 1. The Balaban J connectivity index is 1.87. The maximum absolute atomic E-state index is 5.52. The van der Waals surface area contributed by atoms with E-state index >= 15 is 0 Å². The number of furan rings is 1. The van der Waals surface area contributed by atoms with Gasteiger partial charge in [0.25, 0.3) is 0 Å². The Kier molecular flexibility index (Phi) is 4.26. The van der Waals surface area contributed by atoms with E-state index in [1.165, 1.54) is 22.3 Å². The van der Waals surface area contributed by atoms with Crippen molar-refractivity contribution >= 4 is 15.9 Å². The highest BCUT2D eigenvalue weighted by Gasteiger charge is 2.16. The molecule has 1 aromatic heterocycles. The maximum Gasteiger partial charge on any atom is 0.108 e. The van der Waals surface area contributed by atoms with Crippen molar-refractivity contribution in [1.82, 2.24) is 0 Å². The zero-order valence-corrected chi connectivity index (χ0v) is 13.5. The Morgan fingerprint density at radius 3 is 2.24 bits per heavy atom. The highest BCUT2D eigenvalue weighted by Crippen LogP contribution is 2.34. The lowest BCUT2D eigenvalue weighted by atomic mass is 10.00. The first-order valence-electron chi connectivity index (χ1n) is 7.15. The second-order valence-corrected chi connectivity index (χ2v) is 5.92. The van der Waals surface area contributed by atoms with Gasteiger partial charge in [0.2, 0.25) is 0 Å². The average molecular weight is 341 g/mol. The molecule has 2 heteroatoms. The van der Waals surface area contributed by atoms with Crippen LogP contribution in [0.3, 0.4) is 0 Å². The van der Waals surface area contributed by atoms with Gasteiger partial charge in [-0.15, -0.1) is 0 Å². The summed E-state index contributed by atoms with van der Waals surface area (Å²) >= 11 is 3.79. The van der Waals surface area contributed by atoms with Crippen molar-refractivity contribution in [2.75, 3.05) is 0 Å².